The molecule has 3 N–H and O–H groups in total. The van der Waals surface area contributed by atoms with E-state index in [1.807, 2.05) is 12.1 Å². The summed E-state index contributed by atoms with van der Waals surface area (Å²) in [6.07, 6.45) is 2.81. The molecule has 3 nitrogen and oxygen atoms in total. The summed E-state index contributed by atoms with van der Waals surface area (Å²) in [5.41, 5.74) is 7.55. The van der Waals surface area contributed by atoms with Crippen LogP contribution in [-0.2, 0) is 6.54 Å². The second-order valence-corrected chi connectivity index (χ2v) is 4.88. The molecule has 0 amide bonds. The van der Waals surface area contributed by atoms with Crippen LogP contribution in [0.5, 0.6) is 0 Å². The van der Waals surface area contributed by atoms with Gasteiger partial charge in [-0.15, -0.1) is 0 Å². The van der Waals surface area contributed by atoms with Crippen molar-refractivity contribution < 1.29 is 0 Å². The topological polar surface area (TPSA) is 53.1 Å². The lowest BCUT2D eigenvalue weighted by atomic mass is 10.1. The van der Waals surface area contributed by atoms with E-state index in [1.165, 1.54) is 24.9 Å². The Morgan fingerprint density at radius 2 is 2.00 bits per heavy atom. The van der Waals surface area contributed by atoms with Crippen molar-refractivity contribution in [2.24, 2.45) is 11.7 Å². The molecule has 0 spiro atoms. The first-order chi connectivity index (χ1) is 8.19. The lowest BCUT2D eigenvalue weighted by molar-refractivity contribution is 0.268. The van der Waals surface area contributed by atoms with E-state index in [4.69, 9.17) is 11.1 Å². The SMILES string of the molecule is CCN(Cc1ccc(C(=N)N)cc1)CC1CC1. The molecule has 1 aliphatic carbocycles. The van der Waals surface area contributed by atoms with Gasteiger partial charge in [0, 0.05) is 18.7 Å². The molecule has 0 atom stereocenters. The highest BCUT2D eigenvalue weighted by molar-refractivity contribution is 5.94. The molecule has 0 aliphatic heterocycles. The zero-order chi connectivity index (χ0) is 12.3. The van der Waals surface area contributed by atoms with E-state index in [1.54, 1.807) is 0 Å². The third-order valence-electron chi connectivity index (χ3n) is 3.33. The Morgan fingerprint density at radius 3 is 2.47 bits per heavy atom. The van der Waals surface area contributed by atoms with Crippen LogP contribution < -0.4 is 5.73 Å². The summed E-state index contributed by atoms with van der Waals surface area (Å²) in [6, 6.07) is 8.02. The van der Waals surface area contributed by atoms with E-state index in [-0.39, 0.29) is 5.84 Å². The minimum Gasteiger partial charge on any atom is -0.384 e. The summed E-state index contributed by atoms with van der Waals surface area (Å²) >= 11 is 0. The Hall–Kier alpha value is -1.35. The van der Waals surface area contributed by atoms with Crippen molar-refractivity contribution in [2.45, 2.75) is 26.3 Å². The monoisotopic (exact) mass is 231 g/mol. The molecular weight excluding hydrogens is 210 g/mol. The van der Waals surface area contributed by atoms with Crippen LogP contribution in [0.15, 0.2) is 24.3 Å². The number of hydrogen-bond donors (Lipinski definition) is 2. The van der Waals surface area contributed by atoms with Crippen LogP contribution in [0.25, 0.3) is 0 Å². The molecule has 0 bridgehead atoms. The van der Waals surface area contributed by atoms with Gasteiger partial charge in [0.15, 0.2) is 0 Å². The van der Waals surface area contributed by atoms with Crippen LogP contribution in [0.2, 0.25) is 0 Å². The molecule has 0 heterocycles. The van der Waals surface area contributed by atoms with Crippen molar-refractivity contribution in [3.8, 4) is 0 Å². The van der Waals surface area contributed by atoms with E-state index in [2.05, 4.69) is 24.0 Å². The van der Waals surface area contributed by atoms with Gasteiger partial charge >= 0.3 is 0 Å². The molecule has 92 valence electrons. The second-order valence-electron chi connectivity index (χ2n) is 4.88. The van der Waals surface area contributed by atoms with Gasteiger partial charge in [-0.25, -0.2) is 0 Å². The van der Waals surface area contributed by atoms with Crippen molar-refractivity contribution in [1.82, 2.24) is 4.90 Å². The van der Waals surface area contributed by atoms with Crippen molar-refractivity contribution in [3.05, 3.63) is 35.4 Å². The molecule has 3 heteroatoms. The van der Waals surface area contributed by atoms with E-state index in [9.17, 15) is 0 Å². The summed E-state index contributed by atoms with van der Waals surface area (Å²) in [4.78, 5) is 2.49. The predicted octanol–water partition coefficient (Wildman–Crippen LogP) is 2.20. The zero-order valence-corrected chi connectivity index (χ0v) is 10.4. The minimum absolute atomic E-state index is 0.141. The first kappa shape index (κ1) is 12.1. The largest absolute Gasteiger partial charge is 0.384 e. The predicted molar refractivity (Wildman–Crippen MR) is 71.1 cm³/mol. The fourth-order valence-electron chi connectivity index (χ4n) is 2.02. The number of nitrogens with zero attached hydrogens (tertiary/aromatic N) is 1. The maximum atomic E-state index is 7.35. The zero-order valence-electron chi connectivity index (χ0n) is 10.4. The van der Waals surface area contributed by atoms with Gasteiger partial charge in [0.25, 0.3) is 0 Å². The van der Waals surface area contributed by atoms with E-state index in [0.717, 1.165) is 24.6 Å². The number of nitrogens with two attached hydrogens (primary N) is 1. The highest BCUT2D eigenvalue weighted by Gasteiger charge is 2.23. The van der Waals surface area contributed by atoms with Gasteiger partial charge in [-0.1, -0.05) is 31.2 Å². The maximum absolute atomic E-state index is 7.35. The molecule has 2 rings (SSSR count). The van der Waals surface area contributed by atoms with Crippen molar-refractivity contribution in [2.75, 3.05) is 13.1 Å². The molecule has 1 aliphatic rings. The fourth-order valence-corrected chi connectivity index (χ4v) is 2.02. The minimum atomic E-state index is 0.141. The molecule has 1 aromatic rings. The van der Waals surface area contributed by atoms with Gasteiger partial charge in [-0.05, 0) is 30.9 Å². The van der Waals surface area contributed by atoms with Crippen molar-refractivity contribution in [1.29, 1.82) is 5.41 Å². The van der Waals surface area contributed by atoms with Crippen LogP contribution in [-0.4, -0.2) is 23.8 Å². The van der Waals surface area contributed by atoms with Crippen LogP contribution in [0, 0.1) is 11.3 Å². The van der Waals surface area contributed by atoms with Gasteiger partial charge in [-0.2, -0.15) is 0 Å². The first-order valence-electron chi connectivity index (χ1n) is 6.34. The van der Waals surface area contributed by atoms with Crippen molar-refractivity contribution in [3.63, 3.8) is 0 Å². The number of nitrogen functional groups attached to an aromatic ring is 1. The Balaban J connectivity index is 1.94. The fraction of sp³-hybridized carbons (Fsp3) is 0.500. The third-order valence-corrected chi connectivity index (χ3v) is 3.33. The average Bonchev–Trinajstić information content (AvgIpc) is 3.13. The Morgan fingerprint density at radius 1 is 1.35 bits per heavy atom. The lowest BCUT2D eigenvalue weighted by Crippen LogP contribution is -2.25. The summed E-state index contributed by atoms with van der Waals surface area (Å²) in [5.74, 6) is 1.08. The molecular formula is C14H21N3. The summed E-state index contributed by atoms with van der Waals surface area (Å²) in [5, 5.41) is 7.35. The maximum Gasteiger partial charge on any atom is 0.122 e. The van der Waals surface area contributed by atoms with Crippen LogP contribution in [0.3, 0.4) is 0 Å². The molecule has 1 fully saturated rings. The standard InChI is InChI=1S/C14H21N3/c1-2-17(9-11-3-4-11)10-12-5-7-13(8-6-12)14(15)16/h5-8,11H,2-4,9-10H2,1H3,(H3,15,16). The van der Waals surface area contributed by atoms with Gasteiger partial charge in [0.2, 0.25) is 0 Å². The highest BCUT2D eigenvalue weighted by atomic mass is 15.1. The Kier molecular flexibility index (Phi) is 3.79. The molecule has 0 saturated heterocycles. The van der Waals surface area contributed by atoms with Gasteiger partial charge < -0.3 is 5.73 Å². The number of hydrogen-bond acceptors (Lipinski definition) is 2. The second kappa shape index (κ2) is 5.32. The molecule has 0 radical (unpaired) electrons. The lowest BCUT2D eigenvalue weighted by Gasteiger charge is -2.20. The molecule has 1 aromatic carbocycles. The summed E-state index contributed by atoms with van der Waals surface area (Å²) in [7, 11) is 0. The number of rotatable bonds is 6. The van der Waals surface area contributed by atoms with E-state index >= 15 is 0 Å². The van der Waals surface area contributed by atoms with Crippen LogP contribution >= 0.6 is 0 Å². The van der Waals surface area contributed by atoms with Crippen molar-refractivity contribution >= 4 is 5.84 Å². The normalized spacial score (nSPS) is 15.2. The van der Waals surface area contributed by atoms with Gasteiger partial charge in [-0.3, -0.25) is 10.3 Å². The Bertz CT molecular complexity index is 379. The summed E-state index contributed by atoms with van der Waals surface area (Å²) < 4.78 is 0. The van der Waals surface area contributed by atoms with E-state index < -0.39 is 0 Å². The first-order valence-corrected chi connectivity index (χ1v) is 6.34. The smallest absolute Gasteiger partial charge is 0.122 e. The quantitative estimate of drug-likeness (QED) is 0.582. The highest BCUT2D eigenvalue weighted by Crippen LogP contribution is 2.30. The molecule has 0 aromatic heterocycles. The molecule has 17 heavy (non-hydrogen) atoms. The summed E-state index contributed by atoms with van der Waals surface area (Å²) in [6.45, 7) is 5.55. The molecule has 0 unspecified atom stereocenters. The number of nitrogens with one attached hydrogen (secondary N) is 1. The van der Waals surface area contributed by atoms with Gasteiger partial charge in [0.1, 0.15) is 5.84 Å². The third kappa shape index (κ3) is 3.56. The van der Waals surface area contributed by atoms with Gasteiger partial charge in [0.05, 0.1) is 0 Å². The average molecular weight is 231 g/mol. The molecule has 1 saturated carbocycles. The number of benzene rings is 1. The van der Waals surface area contributed by atoms with Crippen LogP contribution in [0.4, 0.5) is 0 Å². The number of amidine groups is 1. The Labute approximate surface area is 103 Å². The van der Waals surface area contributed by atoms with E-state index in [0.29, 0.717) is 0 Å². The van der Waals surface area contributed by atoms with Crippen LogP contribution in [0.1, 0.15) is 30.9 Å².